The summed E-state index contributed by atoms with van der Waals surface area (Å²) in [6.45, 7) is 0. The maximum atomic E-state index is 5.42. The number of methoxy groups -OCH3 is 1. The Bertz CT molecular complexity index is 394. The second kappa shape index (κ2) is 4.49. The van der Waals surface area contributed by atoms with Crippen molar-refractivity contribution in [2.24, 2.45) is 0 Å². The quantitative estimate of drug-likeness (QED) is 0.596. The van der Waals surface area contributed by atoms with Crippen LogP contribution in [0.4, 0.5) is 0 Å². The molecule has 1 nitrogen and oxygen atoms in total. The third-order valence-corrected chi connectivity index (χ3v) is 3.80. The Balaban J connectivity index is 2.20. The first-order chi connectivity index (χ1) is 7.23. The van der Waals surface area contributed by atoms with E-state index >= 15 is 0 Å². The van der Waals surface area contributed by atoms with E-state index in [-0.39, 0.29) is 3.61 Å². The fraction of sp³-hybridized carbons (Fsp3) is 0.231. The van der Waals surface area contributed by atoms with E-state index in [2.05, 4.69) is 65.1 Å². The lowest BCUT2D eigenvalue weighted by Crippen LogP contribution is -2.20. The van der Waals surface area contributed by atoms with Gasteiger partial charge in [0.1, 0.15) is 3.61 Å². The van der Waals surface area contributed by atoms with E-state index in [0.29, 0.717) is 0 Å². The van der Waals surface area contributed by atoms with Crippen LogP contribution in [-0.4, -0.2) is 10.7 Å². The van der Waals surface area contributed by atoms with Crippen molar-refractivity contribution in [2.45, 2.75) is 10.0 Å². The van der Waals surface area contributed by atoms with E-state index in [0.717, 1.165) is 6.42 Å². The summed E-state index contributed by atoms with van der Waals surface area (Å²) >= 11 is 2.33. The average molecular weight is 312 g/mol. The van der Waals surface area contributed by atoms with Crippen molar-refractivity contribution in [3.05, 3.63) is 54.1 Å². The molecule has 0 saturated heterocycles. The van der Waals surface area contributed by atoms with Crippen LogP contribution in [0.15, 0.2) is 48.6 Å². The molecule has 2 heteroatoms. The molecule has 0 amide bonds. The van der Waals surface area contributed by atoms with E-state index in [1.54, 1.807) is 7.11 Å². The summed E-state index contributed by atoms with van der Waals surface area (Å²) in [4.78, 5) is 0. The van der Waals surface area contributed by atoms with Gasteiger partial charge in [-0.2, -0.15) is 0 Å². The van der Waals surface area contributed by atoms with Crippen LogP contribution in [0, 0.1) is 0 Å². The topological polar surface area (TPSA) is 9.23 Å². The molecule has 1 aliphatic carbocycles. The molecule has 0 aliphatic heterocycles. The molecule has 1 atom stereocenters. The van der Waals surface area contributed by atoms with Crippen molar-refractivity contribution < 1.29 is 4.74 Å². The minimum absolute atomic E-state index is 0.157. The second-order valence-electron chi connectivity index (χ2n) is 3.55. The van der Waals surface area contributed by atoms with Gasteiger partial charge in [-0.05, 0) is 39.8 Å². The standard InChI is InChI=1S/C13H13IO/c1-15-13(14)9-7-12(8-10-13)11-5-3-2-4-6-11/h2-9H,10H2,1H3. The number of alkyl halides is 1. The number of benzene rings is 1. The fourth-order valence-electron chi connectivity index (χ4n) is 1.60. The van der Waals surface area contributed by atoms with Crippen molar-refractivity contribution in [1.82, 2.24) is 0 Å². The first-order valence-electron chi connectivity index (χ1n) is 4.92. The Morgan fingerprint density at radius 1 is 1.27 bits per heavy atom. The van der Waals surface area contributed by atoms with E-state index in [1.807, 2.05) is 6.07 Å². The lowest BCUT2D eigenvalue weighted by molar-refractivity contribution is 0.128. The molecule has 0 aromatic heterocycles. The van der Waals surface area contributed by atoms with Crippen LogP contribution in [0.25, 0.3) is 5.57 Å². The summed E-state index contributed by atoms with van der Waals surface area (Å²) in [5, 5.41) is 0. The Morgan fingerprint density at radius 2 is 2.00 bits per heavy atom. The zero-order chi connectivity index (χ0) is 10.7. The molecule has 2 rings (SSSR count). The molecule has 1 aromatic carbocycles. The van der Waals surface area contributed by atoms with Gasteiger partial charge in [0.05, 0.1) is 0 Å². The van der Waals surface area contributed by atoms with E-state index in [1.165, 1.54) is 11.1 Å². The molecule has 0 fully saturated rings. The lowest BCUT2D eigenvalue weighted by atomic mass is 9.98. The van der Waals surface area contributed by atoms with E-state index in [4.69, 9.17) is 4.74 Å². The van der Waals surface area contributed by atoms with Crippen LogP contribution in [0.3, 0.4) is 0 Å². The van der Waals surface area contributed by atoms with Crippen molar-refractivity contribution in [3.8, 4) is 0 Å². The largest absolute Gasteiger partial charge is 0.364 e. The van der Waals surface area contributed by atoms with Crippen molar-refractivity contribution in [2.75, 3.05) is 7.11 Å². The Morgan fingerprint density at radius 3 is 2.53 bits per heavy atom. The van der Waals surface area contributed by atoms with Crippen LogP contribution in [-0.2, 0) is 4.74 Å². The van der Waals surface area contributed by atoms with E-state index < -0.39 is 0 Å². The predicted octanol–water partition coefficient (Wildman–Crippen LogP) is 3.81. The summed E-state index contributed by atoms with van der Waals surface area (Å²) in [5.74, 6) is 0. The monoisotopic (exact) mass is 312 g/mol. The highest BCUT2D eigenvalue weighted by molar-refractivity contribution is 14.1. The lowest BCUT2D eigenvalue weighted by Gasteiger charge is -2.24. The van der Waals surface area contributed by atoms with Gasteiger partial charge < -0.3 is 4.74 Å². The molecule has 0 saturated carbocycles. The minimum atomic E-state index is -0.157. The van der Waals surface area contributed by atoms with Gasteiger partial charge in [-0.25, -0.2) is 0 Å². The molecule has 0 spiro atoms. The van der Waals surface area contributed by atoms with Gasteiger partial charge in [0, 0.05) is 13.5 Å². The number of ether oxygens (including phenoxy) is 1. The summed E-state index contributed by atoms with van der Waals surface area (Å²) in [7, 11) is 1.75. The molecular formula is C13H13IO. The molecule has 1 unspecified atom stereocenters. The summed E-state index contributed by atoms with van der Waals surface area (Å²) in [6, 6.07) is 10.4. The van der Waals surface area contributed by atoms with Gasteiger partial charge in [-0.3, -0.25) is 0 Å². The first kappa shape index (κ1) is 10.9. The number of rotatable bonds is 2. The maximum Gasteiger partial charge on any atom is 0.140 e. The number of halogens is 1. The average Bonchev–Trinajstić information content (AvgIpc) is 2.31. The molecule has 1 aromatic rings. The van der Waals surface area contributed by atoms with Crippen molar-refractivity contribution in [1.29, 1.82) is 0 Å². The third-order valence-electron chi connectivity index (χ3n) is 2.56. The minimum Gasteiger partial charge on any atom is -0.364 e. The summed E-state index contributed by atoms with van der Waals surface area (Å²) < 4.78 is 5.26. The molecule has 15 heavy (non-hydrogen) atoms. The molecule has 0 bridgehead atoms. The fourth-order valence-corrected chi connectivity index (χ4v) is 2.00. The molecule has 0 heterocycles. The van der Waals surface area contributed by atoms with Crippen LogP contribution >= 0.6 is 22.6 Å². The molecule has 78 valence electrons. The number of allylic oxidation sites excluding steroid dienone is 2. The van der Waals surface area contributed by atoms with Crippen LogP contribution in [0.5, 0.6) is 0 Å². The zero-order valence-electron chi connectivity index (χ0n) is 8.61. The van der Waals surface area contributed by atoms with Gasteiger partial charge in [0.25, 0.3) is 0 Å². The Kier molecular flexibility index (Phi) is 3.26. The first-order valence-corrected chi connectivity index (χ1v) is 6.00. The Labute approximate surface area is 104 Å². The van der Waals surface area contributed by atoms with E-state index in [9.17, 15) is 0 Å². The van der Waals surface area contributed by atoms with Crippen LogP contribution in [0.1, 0.15) is 12.0 Å². The molecular weight excluding hydrogens is 299 g/mol. The predicted molar refractivity (Wildman–Crippen MR) is 71.9 cm³/mol. The zero-order valence-corrected chi connectivity index (χ0v) is 10.8. The van der Waals surface area contributed by atoms with Gasteiger partial charge in [-0.1, -0.05) is 42.5 Å². The summed E-state index contributed by atoms with van der Waals surface area (Å²) in [6.07, 6.45) is 7.40. The van der Waals surface area contributed by atoms with Gasteiger partial charge in [0.2, 0.25) is 0 Å². The SMILES string of the molecule is COC1(I)C=CC(c2ccccc2)=CC1. The highest BCUT2D eigenvalue weighted by Gasteiger charge is 2.23. The highest BCUT2D eigenvalue weighted by atomic mass is 127. The van der Waals surface area contributed by atoms with Crippen molar-refractivity contribution >= 4 is 28.2 Å². The van der Waals surface area contributed by atoms with Gasteiger partial charge in [0.15, 0.2) is 0 Å². The summed E-state index contributed by atoms with van der Waals surface area (Å²) in [5.41, 5.74) is 2.54. The normalized spacial score (nSPS) is 25.1. The van der Waals surface area contributed by atoms with Crippen LogP contribution in [0.2, 0.25) is 0 Å². The highest BCUT2D eigenvalue weighted by Crippen LogP contribution is 2.33. The third kappa shape index (κ3) is 2.49. The number of hydrogen-bond donors (Lipinski definition) is 0. The maximum absolute atomic E-state index is 5.42. The van der Waals surface area contributed by atoms with Crippen molar-refractivity contribution in [3.63, 3.8) is 0 Å². The van der Waals surface area contributed by atoms with Gasteiger partial charge in [-0.15, -0.1) is 0 Å². The molecule has 1 aliphatic rings. The molecule has 0 N–H and O–H groups in total. The number of hydrogen-bond acceptors (Lipinski definition) is 1. The van der Waals surface area contributed by atoms with Crippen LogP contribution < -0.4 is 0 Å². The van der Waals surface area contributed by atoms with Gasteiger partial charge >= 0.3 is 0 Å². The Hall–Kier alpha value is -0.610. The smallest absolute Gasteiger partial charge is 0.140 e. The second-order valence-corrected chi connectivity index (χ2v) is 5.38. The molecule has 0 radical (unpaired) electrons.